The molecule has 118 valence electrons. The van der Waals surface area contributed by atoms with Crippen LogP contribution in [0.2, 0.25) is 0 Å². The van der Waals surface area contributed by atoms with Crippen LogP contribution in [0.4, 0.5) is 17.6 Å². The lowest BCUT2D eigenvalue weighted by molar-refractivity contribution is -0.167. The van der Waals surface area contributed by atoms with Gasteiger partial charge in [0, 0.05) is 6.04 Å². The van der Waals surface area contributed by atoms with Gasteiger partial charge in [-0.1, -0.05) is 30.3 Å². The van der Waals surface area contributed by atoms with Gasteiger partial charge < -0.3 is 10.1 Å². The van der Waals surface area contributed by atoms with E-state index in [9.17, 15) is 17.6 Å². The Morgan fingerprint density at radius 3 is 2.52 bits per heavy atom. The number of hydrogen-bond donors (Lipinski definition) is 1. The predicted octanol–water partition coefficient (Wildman–Crippen LogP) is 3.30. The molecular formula is C15H19F4NO. The van der Waals surface area contributed by atoms with Gasteiger partial charge >= 0.3 is 12.3 Å². The van der Waals surface area contributed by atoms with Crippen molar-refractivity contribution in [2.75, 3.05) is 20.3 Å². The summed E-state index contributed by atoms with van der Waals surface area (Å²) >= 11 is 0. The predicted molar refractivity (Wildman–Crippen MR) is 71.9 cm³/mol. The Morgan fingerprint density at radius 2 is 1.95 bits per heavy atom. The lowest BCUT2D eigenvalue weighted by atomic mass is 10.1. The first-order valence-electron chi connectivity index (χ1n) is 6.91. The average molecular weight is 305 g/mol. The van der Waals surface area contributed by atoms with Crippen LogP contribution in [0.3, 0.4) is 0 Å². The Morgan fingerprint density at radius 1 is 1.29 bits per heavy atom. The summed E-state index contributed by atoms with van der Waals surface area (Å²) in [7, 11) is 1.72. The summed E-state index contributed by atoms with van der Waals surface area (Å²) in [6, 6.07) is 9.80. The molecule has 0 heterocycles. The van der Waals surface area contributed by atoms with Crippen molar-refractivity contribution in [1.29, 1.82) is 0 Å². The van der Waals surface area contributed by atoms with E-state index in [1.807, 2.05) is 30.3 Å². The third-order valence-corrected chi connectivity index (χ3v) is 3.87. The van der Waals surface area contributed by atoms with Crippen LogP contribution in [0.25, 0.3) is 0 Å². The summed E-state index contributed by atoms with van der Waals surface area (Å²) in [5.41, 5.74) is 1.21. The largest absolute Gasteiger partial charge is 0.373 e. The molecule has 1 N–H and O–H groups in total. The minimum atomic E-state index is -4.08. The number of halogens is 4. The van der Waals surface area contributed by atoms with E-state index in [-0.39, 0.29) is 18.6 Å². The van der Waals surface area contributed by atoms with Crippen molar-refractivity contribution in [2.24, 2.45) is 5.92 Å². The molecule has 1 aromatic carbocycles. The van der Waals surface area contributed by atoms with Crippen LogP contribution < -0.4 is 5.32 Å². The Kier molecular flexibility index (Phi) is 5.22. The molecule has 2 nitrogen and oxygen atoms in total. The van der Waals surface area contributed by atoms with E-state index < -0.39 is 19.0 Å². The Balaban J connectivity index is 1.80. The molecule has 0 aliphatic heterocycles. The molecule has 2 rings (SSSR count). The number of hydrogen-bond acceptors (Lipinski definition) is 2. The molecule has 1 aliphatic carbocycles. The van der Waals surface area contributed by atoms with Crippen LogP contribution in [0.1, 0.15) is 17.9 Å². The zero-order chi connectivity index (χ0) is 15.5. The molecule has 1 fully saturated rings. The van der Waals surface area contributed by atoms with E-state index in [0.29, 0.717) is 5.92 Å². The van der Waals surface area contributed by atoms with Crippen molar-refractivity contribution in [1.82, 2.24) is 5.32 Å². The number of benzene rings is 1. The smallest absolute Gasteiger partial charge is 0.330 e. The van der Waals surface area contributed by atoms with Gasteiger partial charge in [0.1, 0.15) is 6.61 Å². The highest BCUT2D eigenvalue weighted by Gasteiger charge is 2.44. The number of alkyl halides is 4. The molecule has 0 bridgehead atoms. The second-order valence-electron chi connectivity index (χ2n) is 5.39. The summed E-state index contributed by atoms with van der Waals surface area (Å²) < 4.78 is 54.4. The van der Waals surface area contributed by atoms with Crippen molar-refractivity contribution < 1.29 is 22.3 Å². The van der Waals surface area contributed by atoms with Gasteiger partial charge in [0.05, 0.1) is 6.61 Å². The van der Waals surface area contributed by atoms with Crippen LogP contribution in [-0.2, 0) is 4.74 Å². The second-order valence-corrected chi connectivity index (χ2v) is 5.39. The summed E-state index contributed by atoms with van der Waals surface area (Å²) in [6.07, 6.45) is -2.74. The fraction of sp³-hybridized carbons (Fsp3) is 0.600. The number of nitrogens with one attached hydrogen (secondary N) is 1. The lowest BCUT2D eigenvalue weighted by Crippen LogP contribution is -2.37. The zero-order valence-corrected chi connectivity index (χ0v) is 11.7. The minimum absolute atomic E-state index is 0.00676. The molecular weight excluding hydrogens is 286 g/mol. The maximum absolute atomic E-state index is 12.8. The van der Waals surface area contributed by atoms with Crippen molar-refractivity contribution in [3.05, 3.63) is 35.9 Å². The molecule has 0 saturated heterocycles. The van der Waals surface area contributed by atoms with Crippen molar-refractivity contribution in [3.8, 4) is 0 Å². The molecule has 0 amide bonds. The van der Waals surface area contributed by atoms with Gasteiger partial charge in [-0.25, -0.2) is 8.78 Å². The number of rotatable bonds is 8. The summed E-state index contributed by atoms with van der Waals surface area (Å²) in [5, 5.41) is 3.02. The Hall–Kier alpha value is -1.14. The van der Waals surface area contributed by atoms with Gasteiger partial charge in [-0.3, -0.25) is 0 Å². The highest BCUT2D eigenvalue weighted by Crippen LogP contribution is 2.49. The SMILES string of the molecule is CNC(COCC(F)(F)C(F)F)C1CC1c1ccccc1. The van der Waals surface area contributed by atoms with E-state index in [1.54, 1.807) is 7.05 Å². The third kappa shape index (κ3) is 4.17. The molecule has 0 aromatic heterocycles. The topological polar surface area (TPSA) is 21.3 Å². The van der Waals surface area contributed by atoms with E-state index in [1.165, 1.54) is 5.56 Å². The molecule has 1 saturated carbocycles. The quantitative estimate of drug-likeness (QED) is 0.744. The highest BCUT2D eigenvalue weighted by molar-refractivity contribution is 5.26. The first-order valence-corrected chi connectivity index (χ1v) is 6.91. The monoisotopic (exact) mass is 305 g/mol. The summed E-state index contributed by atoms with van der Waals surface area (Å²) in [6.45, 7) is -1.24. The van der Waals surface area contributed by atoms with Crippen LogP contribution in [0.5, 0.6) is 0 Å². The van der Waals surface area contributed by atoms with Gasteiger partial charge in [-0.15, -0.1) is 0 Å². The standard InChI is InChI=1S/C15H19F4NO/c1-20-13(8-21-9-15(18,19)14(16)17)12-7-11(12)10-5-3-2-4-6-10/h2-6,11-14,20H,7-9H2,1H3. The van der Waals surface area contributed by atoms with Crippen LogP contribution in [0, 0.1) is 5.92 Å². The van der Waals surface area contributed by atoms with Crippen LogP contribution in [-0.4, -0.2) is 38.7 Å². The van der Waals surface area contributed by atoms with E-state index in [2.05, 4.69) is 5.32 Å². The van der Waals surface area contributed by atoms with Crippen LogP contribution >= 0.6 is 0 Å². The van der Waals surface area contributed by atoms with E-state index in [4.69, 9.17) is 4.74 Å². The van der Waals surface area contributed by atoms with Gasteiger partial charge in [-0.05, 0) is 30.9 Å². The first-order chi connectivity index (χ1) is 9.95. The van der Waals surface area contributed by atoms with Crippen molar-refractivity contribution in [3.63, 3.8) is 0 Å². The molecule has 0 radical (unpaired) electrons. The number of ether oxygens (including phenoxy) is 1. The number of likely N-dealkylation sites (N-methyl/N-ethyl adjacent to an activating group) is 1. The molecule has 0 spiro atoms. The average Bonchev–Trinajstić information content (AvgIpc) is 3.24. The van der Waals surface area contributed by atoms with E-state index in [0.717, 1.165) is 6.42 Å². The molecule has 1 aliphatic rings. The molecule has 3 atom stereocenters. The van der Waals surface area contributed by atoms with E-state index >= 15 is 0 Å². The summed E-state index contributed by atoms with van der Waals surface area (Å²) in [4.78, 5) is 0. The van der Waals surface area contributed by atoms with Crippen LogP contribution in [0.15, 0.2) is 30.3 Å². The maximum Gasteiger partial charge on any atom is 0.330 e. The Labute approximate surface area is 121 Å². The minimum Gasteiger partial charge on any atom is -0.373 e. The van der Waals surface area contributed by atoms with Gasteiger partial charge in [-0.2, -0.15) is 8.78 Å². The van der Waals surface area contributed by atoms with Gasteiger partial charge in [0.25, 0.3) is 0 Å². The summed E-state index contributed by atoms with van der Waals surface area (Å²) in [5.74, 6) is -3.42. The molecule has 21 heavy (non-hydrogen) atoms. The third-order valence-electron chi connectivity index (χ3n) is 3.87. The van der Waals surface area contributed by atoms with Crippen molar-refractivity contribution >= 4 is 0 Å². The maximum atomic E-state index is 12.8. The zero-order valence-electron chi connectivity index (χ0n) is 11.7. The molecule has 1 aromatic rings. The normalized spacial score (nSPS) is 23.3. The molecule has 3 unspecified atom stereocenters. The van der Waals surface area contributed by atoms with Gasteiger partial charge in [0.2, 0.25) is 0 Å². The molecule has 6 heteroatoms. The fourth-order valence-corrected chi connectivity index (χ4v) is 2.55. The fourth-order valence-electron chi connectivity index (χ4n) is 2.55. The Bertz CT molecular complexity index is 441. The first kappa shape index (κ1) is 16.2. The lowest BCUT2D eigenvalue weighted by Gasteiger charge is -2.20. The van der Waals surface area contributed by atoms with Crippen molar-refractivity contribution in [2.45, 2.75) is 30.7 Å². The second kappa shape index (κ2) is 6.75. The highest BCUT2D eigenvalue weighted by atomic mass is 19.3. The van der Waals surface area contributed by atoms with Gasteiger partial charge in [0.15, 0.2) is 0 Å².